The number of aliphatic hydroxyl groups is 1. The molecular weight excluding hydrogens is 248 g/mol. The standard InChI is InChI=1S/C17H28N2O/c1-14(2)15-4-6-16(7-5-15)17(20)8-9-19-12-10-18(3)11-13-19/h4-7,14,17,20H,8-13H2,1-3H3. The van der Waals surface area contributed by atoms with Crippen molar-refractivity contribution in [2.75, 3.05) is 39.8 Å². The van der Waals surface area contributed by atoms with Crippen molar-refractivity contribution in [1.29, 1.82) is 0 Å². The van der Waals surface area contributed by atoms with Crippen molar-refractivity contribution in [3.05, 3.63) is 35.4 Å². The average molecular weight is 276 g/mol. The van der Waals surface area contributed by atoms with E-state index in [9.17, 15) is 5.11 Å². The van der Waals surface area contributed by atoms with Crippen LogP contribution in [0, 0.1) is 0 Å². The lowest BCUT2D eigenvalue weighted by molar-refractivity contribution is 0.113. The largest absolute Gasteiger partial charge is 0.388 e. The van der Waals surface area contributed by atoms with Crippen molar-refractivity contribution < 1.29 is 5.11 Å². The van der Waals surface area contributed by atoms with E-state index in [-0.39, 0.29) is 6.10 Å². The van der Waals surface area contributed by atoms with Gasteiger partial charge in [0.25, 0.3) is 0 Å². The minimum Gasteiger partial charge on any atom is -0.388 e. The highest BCUT2D eigenvalue weighted by molar-refractivity contribution is 5.26. The minimum absolute atomic E-state index is 0.337. The Kier molecular flexibility index (Phi) is 5.58. The molecule has 0 radical (unpaired) electrons. The van der Waals surface area contributed by atoms with E-state index in [0.29, 0.717) is 5.92 Å². The molecule has 0 bridgehead atoms. The van der Waals surface area contributed by atoms with Gasteiger partial charge < -0.3 is 14.9 Å². The van der Waals surface area contributed by atoms with Gasteiger partial charge in [0, 0.05) is 32.7 Å². The molecule has 0 saturated carbocycles. The fraction of sp³-hybridized carbons (Fsp3) is 0.647. The van der Waals surface area contributed by atoms with E-state index >= 15 is 0 Å². The molecule has 112 valence electrons. The Morgan fingerprint density at radius 1 is 1.00 bits per heavy atom. The Bertz CT molecular complexity index is 394. The zero-order valence-electron chi connectivity index (χ0n) is 13.0. The molecule has 3 nitrogen and oxygen atoms in total. The highest BCUT2D eigenvalue weighted by Crippen LogP contribution is 2.21. The predicted molar refractivity (Wildman–Crippen MR) is 84.0 cm³/mol. The lowest BCUT2D eigenvalue weighted by Gasteiger charge is -2.32. The average Bonchev–Trinajstić information content (AvgIpc) is 2.46. The topological polar surface area (TPSA) is 26.7 Å². The van der Waals surface area contributed by atoms with E-state index in [1.54, 1.807) is 0 Å². The number of likely N-dealkylation sites (N-methyl/N-ethyl adjacent to an activating group) is 1. The lowest BCUT2D eigenvalue weighted by atomic mass is 9.99. The summed E-state index contributed by atoms with van der Waals surface area (Å²) in [7, 11) is 2.17. The molecule has 1 fully saturated rings. The van der Waals surface area contributed by atoms with Crippen LogP contribution in [0.25, 0.3) is 0 Å². The molecule has 1 unspecified atom stereocenters. The quantitative estimate of drug-likeness (QED) is 0.895. The number of aliphatic hydroxyl groups excluding tert-OH is 1. The van der Waals surface area contributed by atoms with Crippen molar-refractivity contribution in [3.8, 4) is 0 Å². The first-order chi connectivity index (χ1) is 9.56. The summed E-state index contributed by atoms with van der Waals surface area (Å²) >= 11 is 0. The lowest BCUT2D eigenvalue weighted by Crippen LogP contribution is -2.44. The highest BCUT2D eigenvalue weighted by Gasteiger charge is 2.15. The molecule has 0 amide bonds. The number of piperazine rings is 1. The fourth-order valence-corrected chi connectivity index (χ4v) is 2.65. The number of benzene rings is 1. The van der Waals surface area contributed by atoms with Crippen molar-refractivity contribution >= 4 is 0 Å². The van der Waals surface area contributed by atoms with Crippen LogP contribution in [0.5, 0.6) is 0 Å². The van der Waals surface area contributed by atoms with E-state index in [0.717, 1.165) is 44.7 Å². The molecule has 1 aliphatic rings. The second-order valence-electron chi connectivity index (χ2n) is 6.27. The Morgan fingerprint density at radius 2 is 1.55 bits per heavy atom. The summed E-state index contributed by atoms with van der Waals surface area (Å²) in [5, 5.41) is 10.3. The summed E-state index contributed by atoms with van der Waals surface area (Å²) in [5.74, 6) is 0.548. The predicted octanol–water partition coefficient (Wildman–Crippen LogP) is 2.48. The molecule has 0 aromatic heterocycles. The van der Waals surface area contributed by atoms with Crippen LogP contribution in [0.15, 0.2) is 24.3 Å². The van der Waals surface area contributed by atoms with Crippen LogP contribution in [-0.4, -0.2) is 54.7 Å². The molecule has 1 heterocycles. The number of rotatable bonds is 5. The van der Waals surface area contributed by atoms with E-state index in [2.05, 4.69) is 55.0 Å². The zero-order valence-corrected chi connectivity index (χ0v) is 13.0. The van der Waals surface area contributed by atoms with Gasteiger partial charge in [0.1, 0.15) is 0 Å². The fourth-order valence-electron chi connectivity index (χ4n) is 2.65. The number of hydrogen-bond donors (Lipinski definition) is 1. The summed E-state index contributed by atoms with van der Waals surface area (Å²) in [5.41, 5.74) is 2.38. The summed E-state index contributed by atoms with van der Waals surface area (Å²) in [6, 6.07) is 8.42. The van der Waals surface area contributed by atoms with Crippen molar-refractivity contribution in [3.63, 3.8) is 0 Å². The molecule has 0 aliphatic carbocycles. The van der Waals surface area contributed by atoms with Crippen LogP contribution < -0.4 is 0 Å². The maximum absolute atomic E-state index is 10.3. The smallest absolute Gasteiger partial charge is 0.0802 e. The van der Waals surface area contributed by atoms with E-state index in [1.165, 1.54) is 5.56 Å². The first-order valence-electron chi connectivity index (χ1n) is 7.75. The Labute approximate surface area is 123 Å². The minimum atomic E-state index is -0.337. The Morgan fingerprint density at radius 3 is 2.10 bits per heavy atom. The molecule has 3 heteroatoms. The maximum Gasteiger partial charge on any atom is 0.0802 e. The molecule has 0 spiro atoms. The molecule has 1 atom stereocenters. The van der Waals surface area contributed by atoms with Gasteiger partial charge in [-0.15, -0.1) is 0 Å². The van der Waals surface area contributed by atoms with Gasteiger partial charge in [-0.3, -0.25) is 0 Å². The third-order valence-corrected chi connectivity index (χ3v) is 4.30. The Hall–Kier alpha value is -0.900. The molecule has 1 aromatic rings. The molecule has 1 N–H and O–H groups in total. The van der Waals surface area contributed by atoms with Gasteiger partial charge in [0.15, 0.2) is 0 Å². The van der Waals surface area contributed by atoms with Gasteiger partial charge in [-0.05, 0) is 30.5 Å². The molecule has 2 rings (SSSR count). The summed E-state index contributed by atoms with van der Waals surface area (Å²) in [6.07, 6.45) is 0.487. The number of nitrogens with zero attached hydrogens (tertiary/aromatic N) is 2. The third kappa shape index (κ3) is 4.30. The van der Waals surface area contributed by atoms with Crippen LogP contribution in [0.1, 0.15) is 43.4 Å². The normalized spacial score (nSPS) is 19.4. The van der Waals surface area contributed by atoms with Crippen molar-refractivity contribution in [1.82, 2.24) is 9.80 Å². The second kappa shape index (κ2) is 7.21. The van der Waals surface area contributed by atoms with Crippen LogP contribution in [0.3, 0.4) is 0 Å². The third-order valence-electron chi connectivity index (χ3n) is 4.30. The molecule has 1 aliphatic heterocycles. The van der Waals surface area contributed by atoms with Crippen molar-refractivity contribution in [2.45, 2.75) is 32.3 Å². The van der Waals surface area contributed by atoms with Gasteiger partial charge in [0.05, 0.1) is 6.10 Å². The summed E-state index contributed by atoms with van der Waals surface area (Å²) in [4.78, 5) is 4.81. The van der Waals surface area contributed by atoms with Gasteiger partial charge >= 0.3 is 0 Å². The zero-order chi connectivity index (χ0) is 14.5. The van der Waals surface area contributed by atoms with Crippen LogP contribution in [-0.2, 0) is 0 Å². The summed E-state index contributed by atoms with van der Waals surface area (Å²) in [6.45, 7) is 9.89. The van der Waals surface area contributed by atoms with Gasteiger partial charge in [-0.1, -0.05) is 38.1 Å². The van der Waals surface area contributed by atoms with Gasteiger partial charge in [0.2, 0.25) is 0 Å². The second-order valence-corrected chi connectivity index (χ2v) is 6.27. The molecule has 20 heavy (non-hydrogen) atoms. The molecular formula is C17H28N2O. The SMILES string of the molecule is CC(C)c1ccc(C(O)CCN2CCN(C)CC2)cc1. The van der Waals surface area contributed by atoms with E-state index in [1.807, 2.05) is 0 Å². The first-order valence-corrected chi connectivity index (χ1v) is 7.75. The van der Waals surface area contributed by atoms with Crippen LogP contribution >= 0.6 is 0 Å². The van der Waals surface area contributed by atoms with Gasteiger partial charge in [-0.2, -0.15) is 0 Å². The van der Waals surface area contributed by atoms with E-state index in [4.69, 9.17) is 0 Å². The maximum atomic E-state index is 10.3. The van der Waals surface area contributed by atoms with E-state index < -0.39 is 0 Å². The van der Waals surface area contributed by atoms with Gasteiger partial charge in [-0.25, -0.2) is 0 Å². The first kappa shape index (κ1) is 15.5. The highest BCUT2D eigenvalue weighted by atomic mass is 16.3. The number of hydrogen-bond acceptors (Lipinski definition) is 3. The summed E-state index contributed by atoms with van der Waals surface area (Å²) < 4.78 is 0. The Balaban J connectivity index is 1.80. The monoisotopic (exact) mass is 276 g/mol. The molecule has 1 aromatic carbocycles. The van der Waals surface area contributed by atoms with Crippen LogP contribution in [0.2, 0.25) is 0 Å². The molecule has 1 saturated heterocycles. The van der Waals surface area contributed by atoms with Crippen molar-refractivity contribution in [2.24, 2.45) is 0 Å². The van der Waals surface area contributed by atoms with Crippen LogP contribution in [0.4, 0.5) is 0 Å².